The van der Waals surface area contributed by atoms with E-state index in [9.17, 15) is 14.3 Å². The average molecular weight is 461 g/mol. The Hall–Kier alpha value is -3.97. The van der Waals surface area contributed by atoms with Crippen molar-refractivity contribution in [3.63, 3.8) is 0 Å². The molecule has 4 aromatic rings. The van der Waals surface area contributed by atoms with Crippen molar-refractivity contribution in [1.29, 1.82) is 0 Å². The van der Waals surface area contributed by atoms with E-state index in [1.165, 1.54) is 19.2 Å². The molecular weight excluding hydrogens is 435 g/mol. The standard InChI is InChI=1S/C27H25FN2O4/c1-17-3-4-19-9-14-23(26(31)25(19)29-17)24(18-5-10-21(28)11-6-18)30-22-12-7-20(8-13-22)27(32)34-16-15-33-2/h3-14,24,30-31H,15-16H2,1-2H3. The third kappa shape index (κ3) is 5.15. The van der Waals surface area contributed by atoms with Crippen molar-refractivity contribution in [3.8, 4) is 5.75 Å². The lowest BCUT2D eigenvalue weighted by Gasteiger charge is -2.23. The first-order valence-electron chi connectivity index (χ1n) is 10.8. The molecular formula is C27H25FN2O4. The van der Waals surface area contributed by atoms with E-state index in [1.807, 2.05) is 31.2 Å². The van der Waals surface area contributed by atoms with Crippen molar-refractivity contribution in [1.82, 2.24) is 4.98 Å². The van der Waals surface area contributed by atoms with Gasteiger partial charge in [-0.05, 0) is 55.0 Å². The number of phenolic OH excluding ortho intramolecular Hbond substituents is 1. The maximum absolute atomic E-state index is 13.6. The third-order valence-electron chi connectivity index (χ3n) is 5.47. The number of rotatable bonds is 8. The second-order valence-electron chi connectivity index (χ2n) is 7.86. The summed E-state index contributed by atoms with van der Waals surface area (Å²) in [5.41, 5.74) is 3.76. The normalized spacial score (nSPS) is 11.9. The number of aromatic nitrogens is 1. The lowest BCUT2D eigenvalue weighted by Crippen LogP contribution is -2.13. The number of methoxy groups -OCH3 is 1. The number of nitrogens with zero attached hydrogens (tertiary/aromatic N) is 1. The fourth-order valence-corrected chi connectivity index (χ4v) is 3.69. The summed E-state index contributed by atoms with van der Waals surface area (Å²) >= 11 is 0. The van der Waals surface area contributed by atoms with Crippen LogP contribution in [0.1, 0.15) is 33.2 Å². The molecule has 2 N–H and O–H groups in total. The fraction of sp³-hybridized carbons (Fsp3) is 0.185. The summed E-state index contributed by atoms with van der Waals surface area (Å²) in [6.45, 7) is 2.37. The first-order valence-corrected chi connectivity index (χ1v) is 10.8. The van der Waals surface area contributed by atoms with E-state index in [4.69, 9.17) is 9.47 Å². The molecule has 0 radical (unpaired) electrons. The minimum absolute atomic E-state index is 0.0568. The predicted molar refractivity (Wildman–Crippen MR) is 129 cm³/mol. The largest absolute Gasteiger partial charge is 0.505 e. The van der Waals surface area contributed by atoms with Gasteiger partial charge in [0.25, 0.3) is 0 Å². The van der Waals surface area contributed by atoms with Gasteiger partial charge in [-0.15, -0.1) is 0 Å². The lowest BCUT2D eigenvalue weighted by molar-refractivity contribution is 0.0388. The highest BCUT2D eigenvalue weighted by Gasteiger charge is 2.20. The van der Waals surface area contributed by atoms with Crippen molar-refractivity contribution in [2.24, 2.45) is 0 Å². The predicted octanol–water partition coefficient (Wildman–Crippen LogP) is 5.39. The number of carbonyl (C=O) groups excluding carboxylic acids is 1. The number of nitrogens with one attached hydrogen (secondary N) is 1. The molecule has 1 unspecified atom stereocenters. The summed E-state index contributed by atoms with van der Waals surface area (Å²) in [6.07, 6.45) is 0. The van der Waals surface area contributed by atoms with Crippen LogP contribution in [-0.4, -0.2) is 36.4 Å². The van der Waals surface area contributed by atoms with Gasteiger partial charge in [0.2, 0.25) is 0 Å². The van der Waals surface area contributed by atoms with Crippen molar-refractivity contribution in [3.05, 3.63) is 101 Å². The third-order valence-corrected chi connectivity index (χ3v) is 5.47. The van der Waals surface area contributed by atoms with Gasteiger partial charge in [-0.1, -0.05) is 30.3 Å². The molecule has 0 aliphatic rings. The molecule has 0 aliphatic heterocycles. The number of halogens is 1. The number of ether oxygens (including phenoxy) is 2. The minimum Gasteiger partial charge on any atom is -0.505 e. The Morgan fingerprint density at radius 2 is 1.71 bits per heavy atom. The minimum atomic E-state index is -0.494. The Balaban J connectivity index is 1.67. The highest BCUT2D eigenvalue weighted by Crippen LogP contribution is 2.36. The summed E-state index contributed by atoms with van der Waals surface area (Å²) in [5.74, 6) is -0.729. The molecule has 0 saturated heterocycles. The van der Waals surface area contributed by atoms with Crippen LogP contribution in [-0.2, 0) is 9.47 Å². The average Bonchev–Trinajstić information content (AvgIpc) is 2.84. The molecule has 0 aliphatic carbocycles. The van der Waals surface area contributed by atoms with Gasteiger partial charge >= 0.3 is 5.97 Å². The smallest absolute Gasteiger partial charge is 0.338 e. The number of phenols is 1. The number of aromatic hydroxyl groups is 1. The molecule has 6 nitrogen and oxygen atoms in total. The van der Waals surface area contributed by atoms with Crippen LogP contribution in [0.2, 0.25) is 0 Å². The van der Waals surface area contributed by atoms with Crippen LogP contribution >= 0.6 is 0 Å². The molecule has 1 aromatic heterocycles. The molecule has 0 amide bonds. The number of hydrogen-bond donors (Lipinski definition) is 2. The topological polar surface area (TPSA) is 80.7 Å². The number of anilines is 1. The fourth-order valence-electron chi connectivity index (χ4n) is 3.69. The van der Waals surface area contributed by atoms with Crippen molar-refractivity contribution >= 4 is 22.6 Å². The maximum Gasteiger partial charge on any atom is 0.338 e. The number of pyridine rings is 1. The van der Waals surface area contributed by atoms with Crippen molar-refractivity contribution in [2.75, 3.05) is 25.6 Å². The number of fused-ring (bicyclic) bond motifs is 1. The van der Waals surface area contributed by atoms with E-state index in [-0.39, 0.29) is 18.2 Å². The number of benzene rings is 3. The summed E-state index contributed by atoms with van der Waals surface area (Å²) in [6, 6.07) is 19.9. The zero-order chi connectivity index (χ0) is 24.1. The monoisotopic (exact) mass is 460 g/mol. The molecule has 0 fully saturated rings. The quantitative estimate of drug-likeness (QED) is 0.271. The molecule has 0 saturated carbocycles. The Labute approximate surface area is 197 Å². The van der Waals surface area contributed by atoms with E-state index in [0.29, 0.717) is 28.9 Å². The van der Waals surface area contributed by atoms with Crippen molar-refractivity contribution < 1.29 is 23.8 Å². The summed E-state index contributed by atoms with van der Waals surface area (Å²) < 4.78 is 23.6. The summed E-state index contributed by atoms with van der Waals surface area (Å²) in [5, 5.41) is 15.3. The molecule has 4 rings (SSSR count). The zero-order valence-corrected chi connectivity index (χ0v) is 18.9. The van der Waals surface area contributed by atoms with E-state index in [2.05, 4.69) is 10.3 Å². The molecule has 34 heavy (non-hydrogen) atoms. The number of hydrogen-bond acceptors (Lipinski definition) is 6. The zero-order valence-electron chi connectivity index (χ0n) is 18.9. The van der Waals surface area contributed by atoms with E-state index in [1.54, 1.807) is 36.4 Å². The van der Waals surface area contributed by atoms with E-state index in [0.717, 1.165) is 16.6 Å². The van der Waals surface area contributed by atoms with Crippen LogP contribution in [0.25, 0.3) is 10.9 Å². The van der Waals surface area contributed by atoms with Crippen LogP contribution in [0.3, 0.4) is 0 Å². The number of carbonyl (C=O) groups is 1. The Bertz CT molecular complexity index is 1290. The van der Waals surface area contributed by atoms with E-state index >= 15 is 0 Å². The molecule has 0 spiro atoms. The lowest BCUT2D eigenvalue weighted by atomic mass is 9.95. The Morgan fingerprint density at radius 3 is 2.41 bits per heavy atom. The second-order valence-corrected chi connectivity index (χ2v) is 7.86. The van der Waals surface area contributed by atoms with Crippen LogP contribution in [0, 0.1) is 12.7 Å². The molecule has 1 heterocycles. The number of esters is 1. The van der Waals surface area contributed by atoms with Crippen LogP contribution in [0.15, 0.2) is 72.8 Å². The first kappa shape index (κ1) is 23.2. The molecule has 1 atom stereocenters. The van der Waals surface area contributed by atoms with Gasteiger partial charge in [0.1, 0.15) is 23.7 Å². The second kappa shape index (κ2) is 10.3. The summed E-state index contributed by atoms with van der Waals surface area (Å²) in [7, 11) is 1.54. The maximum atomic E-state index is 13.6. The van der Waals surface area contributed by atoms with Gasteiger partial charge in [0, 0.05) is 29.4 Å². The molecule has 7 heteroatoms. The molecule has 0 bridgehead atoms. The Kier molecular flexibility index (Phi) is 7.04. The van der Waals surface area contributed by atoms with Gasteiger partial charge in [-0.3, -0.25) is 0 Å². The Morgan fingerprint density at radius 1 is 1.00 bits per heavy atom. The summed E-state index contributed by atoms with van der Waals surface area (Å²) in [4.78, 5) is 16.6. The number of aryl methyl sites for hydroxylation is 1. The van der Waals surface area contributed by atoms with Gasteiger partial charge in [-0.2, -0.15) is 0 Å². The molecule has 3 aromatic carbocycles. The van der Waals surface area contributed by atoms with E-state index < -0.39 is 12.0 Å². The van der Waals surface area contributed by atoms with Gasteiger partial charge in [0.15, 0.2) is 0 Å². The highest BCUT2D eigenvalue weighted by molar-refractivity contribution is 5.90. The van der Waals surface area contributed by atoms with Gasteiger partial charge in [0.05, 0.1) is 18.2 Å². The first-order chi connectivity index (χ1) is 16.5. The van der Waals surface area contributed by atoms with Gasteiger partial charge < -0.3 is 19.9 Å². The van der Waals surface area contributed by atoms with Crippen LogP contribution in [0.5, 0.6) is 5.75 Å². The van der Waals surface area contributed by atoms with Gasteiger partial charge in [-0.25, -0.2) is 14.2 Å². The molecule has 174 valence electrons. The van der Waals surface area contributed by atoms with Crippen LogP contribution < -0.4 is 5.32 Å². The van der Waals surface area contributed by atoms with Crippen LogP contribution in [0.4, 0.5) is 10.1 Å². The van der Waals surface area contributed by atoms with Crippen molar-refractivity contribution in [2.45, 2.75) is 13.0 Å². The SMILES string of the molecule is COCCOC(=O)c1ccc(NC(c2ccc(F)cc2)c2ccc3ccc(C)nc3c2O)cc1. The highest BCUT2D eigenvalue weighted by atomic mass is 19.1.